The molecule has 0 spiro atoms. The van der Waals surface area contributed by atoms with Crippen LogP contribution in [0.4, 0.5) is 26.1 Å². The Hall–Kier alpha value is -3.50. The van der Waals surface area contributed by atoms with Gasteiger partial charge in [0.25, 0.3) is 11.5 Å². The molecule has 9 nitrogen and oxygen atoms in total. The lowest BCUT2D eigenvalue weighted by Crippen LogP contribution is -2.48. The van der Waals surface area contributed by atoms with Crippen molar-refractivity contribution in [2.24, 2.45) is 0 Å². The fourth-order valence-electron chi connectivity index (χ4n) is 4.01. The van der Waals surface area contributed by atoms with Crippen LogP contribution in [0.1, 0.15) is 42.1 Å². The third-order valence-corrected chi connectivity index (χ3v) is 6.17. The number of hydrogen-bond donors (Lipinski definition) is 3. The number of carbonyl (C=O) groups excluding carboxylic acids is 1. The van der Waals surface area contributed by atoms with Gasteiger partial charge in [0.05, 0.1) is 12.2 Å². The van der Waals surface area contributed by atoms with Crippen molar-refractivity contribution >= 4 is 28.9 Å². The molecule has 2 saturated carbocycles. The summed E-state index contributed by atoms with van der Waals surface area (Å²) >= 11 is 0. The molecular formula is C21H23F2N7O2. The summed E-state index contributed by atoms with van der Waals surface area (Å²) in [6.07, 6.45) is 2.81. The first-order valence-corrected chi connectivity index (χ1v) is 10.6. The van der Waals surface area contributed by atoms with E-state index < -0.39 is 24.3 Å². The van der Waals surface area contributed by atoms with Gasteiger partial charge in [-0.05, 0) is 37.8 Å². The van der Waals surface area contributed by atoms with Gasteiger partial charge < -0.3 is 20.5 Å². The highest BCUT2D eigenvalue weighted by molar-refractivity contribution is 6.00. The third-order valence-electron chi connectivity index (χ3n) is 6.17. The highest BCUT2D eigenvalue weighted by Gasteiger charge is 2.33. The van der Waals surface area contributed by atoms with Crippen molar-refractivity contribution in [3.8, 4) is 0 Å². The largest absolute Gasteiger partial charge is 0.373 e. The molecule has 2 aliphatic rings. The van der Waals surface area contributed by atoms with Crippen molar-refractivity contribution in [2.45, 2.75) is 50.1 Å². The number of hydrogen-bond acceptors (Lipinski definition) is 6. The standard InChI is InChI=1S/C21H23F2N7O2/c1-24-18-9-17(26-16-3-2-6-29(21(16)32)12-7-11(22)8-12)28-19-13(10-25-30(18)19)20(31)27-15-5-4-14(15)23/h2-3,6,9-12,14-15,24H,4-5,7-8H2,1H3,(H,26,28)(H,27,31)/t11-,12-,14-,15?/m0/s1. The van der Waals surface area contributed by atoms with Crippen LogP contribution in [0.2, 0.25) is 0 Å². The van der Waals surface area contributed by atoms with E-state index >= 15 is 0 Å². The van der Waals surface area contributed by atoms with Crippen molar-refractivity contribution in [3.63, 3.8) is 0 Å². The van der Waals surface area contributed by atoms with Gasteiger partial charge in [0.15, 0.2) is 5.65 Å². The number of pyridine rings is 1. The minimum Gasteiger partial charge on any atom is -0.373 e. The van der Waals surface area contributed by atoms with Gasteiger partial charge >= 0.3 is 0 Å². The number of carbonyl (C=O) groups is 1. The number of nitrogens with one attached hydrogen (secondary N) is 3. The Morgan fingerprint density at radius 1 is 1.25 bits per heavy atom. The van der Waals surface area contributed by atoms with Crippen molar-refractivity contribution in [1.82, 2.24) is 24.5 Å². The van der Waals surface area contributed by atoms with Gasteiger partial charge in [0.2, 0.25) is 0 Å². The smallest absolute Gasteiger partial charge is 0.274 e. The first kappa shape index (κ1) is 20.4. The molecule has 32 heavy (non-hydrogen) atoms. The zero-order chi connectivity index (χ0) is 22.4. The quantitative estimate of drug-likeness (QED) is 0.541. The van der Waals surface area contributed by atoms with E-state index in [4.69, 9.17) is 0 Å². The average molecular weight is 443 g/mol. The number of amides is 1. The Labute approximate surface area is 181 Å². The van der Waals surface area contributed by atoms with E-state index in [1.807, 2.05) is 0 Å². The van der Waals surface area contributed by atoms with Crippen molar-refractivity contribution in [1.29, 1.82) is 0 Å². The van der Waals surface area contributed by atoms with E-state index in [9.17, 15) is 18.4 Å². The monoisotopic (exact) mass is 443 g/mol. The second kappa shape index (κ2) is 7.88. The lowest BCUT2D eigenvalue weighted by molar-refractivity contribution is 0.0826. The van der Waals surface area contributed by atoms with Gasteiger partial charge in [0, 0.05) is 25.4 Å². The number of halogens is 2. The van der Waals surface area contributed by atoms with Crippen LogP contribution in [0.15, 0.2) is 35.4 Å². The Morgan fingerprint density at radius 3 is 2.72 bits per heavy atom. The summed E-state index contributed by atoms with van der Waals surface area (Å²) in [6.45, 7) is 0. The lowest BCUT2D eigenvalue weighted by Gasteiger charge is -2.31. The molecular weight excluding hydrogens is 420 g/mol. The molecule has 168 valence electrons. The Bertz CT molecular complexity index is 1230. The predicted octanol–water partition coefficient (Wildman–Crippen LogP) is 2.58. The first-order chi connectivity index (χ1) is 15.4. The fraction of sp³-hybridized carbons (Fsp3) is 0.429. The van der Waals surface area contributed by atoms with Crippen LogP contribution in [0.5, 0.6) is 0 Å². The van der Waals surface area contributed by atoms with E-state index in [-0.39, 0.29) is 28.5 Å². The van der Waals surface area contributed by atoms with Crippen LogP contribution in [0, 0.1) is 0 Å². The molecule has 1 unspecified atom stereocenters. The molecule has 11 heteroatoms. The Kier molecular flexibility index (Phi) is 5.03. The van der Waals surface area contributed by atoms with Gasteiger partial charge in [-0.15, -0.1) is 0 Å². The molecule has 2 atom stereocenters. The van der Waals surface area contributed by atoms with Gasteiger partial charge in [-0.25, -0.2) is 13.8 Å². The maximum Gasteiger partial charge on any atom is 0.274 e. The fourth-order valence-corrected chi connectivity index (χ4v) is 4.01. The highest BCUT2D eigenvalue weighted by Crippen LogP contribution is 2.33. The number of anilines is 3. The second-order valence-corrected chi connectivity index (χ2v) is 8.23. The summed E-state index contributed by atoms with van der Waals surface area (Å²) in [5.41, 5.74) is 0.483. The maximum absolute atomic E-state index is 13.6. The molecule has 5 rings (SSSR count). The summed E-state index contributed by atoms with van der Waals surface area (Å²) in [7, 11) is 1.70. The average Bonchev–Trinajstić information content (AvgIpc) is 3.19. The van der Waals surface area contributed by atoms with E-state index in [1.165, 1.54) is 15.3 Å². The summed E-state index contributed by atoms with van der Waals surface area (Å²) in [6, 6.07) is 4.34. The predicted molar refractivity (Wildman–Crippen MR) is 115 cm³/mol. The number of alkyl halides is 2. The molecule has 3 heterocycles. The van der Waals surface area contributed by atoms with Gasteiger partial charge in [-0.1, -0.05) is 0 Å². The molecule has 3 aromatic rings. The van der Waals surface area contributed by atoms with Crippen molar-refractivity contribution in [2.75, 3.05) is 17.7 Å². The molecule has 0 saturated heterocycles. The van der Waals surface area contributed by atoms with Crippen LogP contribution < -0.4 is 21.5 Å². The summed E-state index contributed by atoms with van der Waals surface area (Å²) in [5, 5.41) is 12.9. The zero-order valence-corrected chi connectivity index (χ0v) is 17.4. The summed E-state index contributed by atoms with van der Waals surface area (Å²) in [4.78, 5) is 30.0. The van der Waals surface area contributed by atoms with Gasteiger partial charge in [0.1, 0.15) is 35.2 Å². The molecule has 1 amide bonds. The number of nitrogens with zero attached hydrogens (tertiary/aromatic N) is 4. The van der Waals surface area contributed by atoms with Gasteiger partial charge in [-0.3, -0.25) is 9.59 Å². The topological polar surface area (TPSA) is 105 Å². The van der Waals surface area contributed by atoms with Crippen LogP contribution >= 0.6 is 0 Å². The Balaban J connectivity index is 1.46. The highest BCUT2D eigenvalue weighted by atomic mass is 19.1. The molecule has 2 fully saturated rings. The van der Waals surface area contributed by atoms with Crippen LogP contribution in [0.25, 0.3) is 5.65 Å². The van der Waals surface area contributed by atoms with Gasteiger partial charge in [-0.2, -0.15) is 9.61 Å². The maximum atomic E-state index is 13.6. The van der Waals surface area contributed by atoms with Crippen molar-refractivity contribution in [3.05, 3.63) is 46.5 Å². The van der Waals surface area contributed by atoms with Crippen LogP contribution in [-0.2, 0) is 0 Å². The van der Waals surface area contributed by atoms with E-state index in [2.05, 4.69) is 26.0 Å². The molecule has 0 bridgehead atoms. The van der Waals surface area contributed by atoms with Crippen molar-refractivity contribution < 1.29 is 13.6 Å². The van der Waals surface area contributed by atoms with E-state index in [0.717, 1.165) is 0 Å². The number of fused-ring (bicyclic) bond motifs is 1. The normalized spacial score (nSPS) is 24.5. The number of rotatable bonds is 6. The second-order valence-electron chi connectivity index (χ2n) is 8.23. The molecule has 0 aliphatic heterocycles. The SMILES string of the molecule is CNc1cc(Nc2cccn([C@H]3C[C@H](F)C3)c2=O)nc2c(C(=O)NC3CC[C@@H]3F)cnn12. The molecule has 0 aromatic carbocycles. The molecule has 2 aliphatic carbocycles. The molecule has 3 aromatic heterocycles. The van der Waals surface area contributed by atoms with E-state index in [1.54, 1.807) is 31.4 Å². The first-order valence-electron chi connectivity index (χ1n) is 10.6. The zero-order valence-electron chi connectivity index (χ0n) is 17.4. The van der Waals surface area contributed by atoms with Crippen LogP contribution in [-0.4, -0.2) is 50.5 Å². The van der Waals surface area contributed by atoms with Crippen LogP contribution in [0.3, 0.4) is 0 Å². The number of aromatic nitrogens is 4. The summed E-state index contributed by atoms with van der Waals surface area (Å²) < 4.78 is 29.8. The third kappa shape index (κ3) is 3.47. The lowest BCUT2D eigenvalue weighted by atomic mass is 9.90. The minimum absolute atomic E-state index is 0.154. The Morgan fingerprint density at radius 2 is 2.06 bits per heavy atom. The van der Waals surface area contributed by atoms with E-state index in [0.29, 0.717) is 37.3 Å². The minimum atomic E-state index is -1.04. The molecule has 3 N–H and O–H groups in total. The summed E-state index contributed by atoms with van der Waals surface area (Å²) in [5.74, 6) is 0.418. The molecule has 0 radical (unpaired) electrons.